The predicted molar refractivity (Wildman–Crippen MR) is 62.9 cm³/mol. The Morgan fingerprint density at radius 3 is 2.94 bits per heavy atom. The first-order chi connectivity index (χ1) is 7.55. The molecule has 2 heterocycles. The Labute approximate surface area is 101 Å². The van der Waals surface area contributed by atoms with Crippen LogP contribution in [-0.2, 0) is 4.74 Å². The Morgan fingerprint density at radius 2 is 2.38 bits per heavy atom. The van der Waals surface area contributed by atoms with Gasteiger partial charge in [0.25, 0.3) is 0 Å². The van der Waals surface area contributed by atoms with Crippen LogP contribution < -0.4 is 4.74 Å². The molecule has 1 saturated heterocycles. The minimum absolute atomic E-state index is 0.00767. The van der Waals surface area contributed by atoms with Gasteiger partial charge in [0, 0.05) is 0 Å². The van der Waals surface area contributed by atoms with Crippen molar-refractivity contribution in [1.82, 2.24) is 4.98 Å². The molecule has 16 heavy (non-hydrogen) atoms. The Hall–Kier alpha value is -0.800. The van der Waals surface area contributed by atoms with Crippen molar-refractivity contribution in [3.05, 3.63) is 23.5 Å². The van der Waals surface area contributed by atoms with Gasteiger partial charge in [-0.15, -0.1) is 0 Å². The largest absolute Gasteiger partial charge is 0.489 e. The first-order valence-corrected chi connectivity index (χ1v) is 5.85. The third kappa shape index (κ3) is 3.09. The van der Waals surface area contributed by atoms with E-state index in [0.29, 0.717) is 11.8 Å². The van der Waals surface area contributed by atoms with Crippen LogP contribution in [0.4, 0.5) is 0 Å². The fourth-order valence-electron chi connectivity index (χ4n) is 1.83. The molecule has 1 unspecified atom stereocenters. The Bertz CT molecular complexity index is 351. The van der Waals surface area contributed by atoms with Crippen LogP contribution in [0.2, 0.25) is 5.15 Å². The molecule has 2 rings (SSSR count). The average molecular weight is 242 g/mol. The second-order valence-corrected chi connectivity index (χ2v) is 5.05. The van der Waals surface area contributed by atoms with Crippen LogP contribution in [-0.4, -0.2) is 23.3 Å². The first-order valence-electron chi connectivity index (χ1n) is 5.47. The van der Waals surface area contributed by atoms with Crippen molar-refractivity contribution < 1.29 is 9.47 Å². The van der Waals surface area contributed by atoms with Crippen molar-refractivity contribution in [2.45, 2.75) is 38.4 Å². The minimum atomic E-state index is -0.00767. The third-order valence-corrected chi connectivity index (χ3v) is 2.91. The number of halogens is 1. The van der Waals surface area contributed by atoms with Gasteiger partial charge in [-0.2, -0.15) is 0 Å². The topological polar surface area (TPSA) is 31.4 Å². The van der Waals surface area contributed by atoms with Crippen molar-refractivity contribution >= 4 is 11.6 Å². The van der Waals surface area contributed by atoms with E-state index in [2.05, 4.69) is 18.8 Å². The van der Waals surface area contributed by atoms with Crippen molar-refractivity contribution in [3.8, 4) is 5.75 Å². The summed E-state index contributed by atoms with van der Waals surface area (Å²) in [5.74, 6) is 0.734. The van der Waals surface area contributed by atoms with E-state index in [1.807, 2.05) is 6.07 Å². The molecule has 0 aromatic carbocycles. The van der Waals surface area contributed by atoms with E-state index in [4.69, 9.17) is 21.1 Å². The number of aromatic nitrogens is 1. The van der Waals surface area contributed by atoms with Crippen LogP contribution in [0.15, 0.2) is 18.3 Å². The molecule has 1 aliphatic heterocycles. The zero-order valence-corrected chi connectivity index (χ0v) is 10.3. The van der Waals surface area contributed by atoms with Gasteiger partial charge in [0.05, 0.1) is 17.9 Å². The van der Waals surface area contributed by atoms with E-state index < -0.39 is 0 Å². The quantitative estimate of drug-likeness (QED) is 0.763. The molecule has 4 heteroatoms. The maximum Gasteiger partial charge on any atom is 0.137 e. The first kappa shape index (κ1) is 11.7. The molecule has 1 fully saturated rings. The number of ether oxygens (including phenoxy) is 2. The smallest absolute Gasteiger partial charge is 0.137 e. The molecule has 1 aliphatic rings. The maximum atomic E-state index is 5.82. The van der Waals surface area contributed by atoms with Gasteiger partial charge >= 0.3 is 0 Å². The van der Waals surface area contributed by atoms with Crippen LogP contribution in [0.3, 0.4) is 0 Å². The molecule has 1 atom stereocenters. The molecule has 3 nitrogen and oxygen atoms in total. The normalized spacial score (nSPS) is 23.3. The molecule has 0 N–H and O–H groups in total. The molecule has 0 saturated carbocycles. The Balaban J connectivity index is 1.82. The van der Waals surface area contributed by atoms with Crippen molar-refractivity contribution in [2.24, 2.45) is 0 Å². The number of hydrogen-bond donors (Lipinski definition) is 0. The summed E-state index contributed by atoms with van der Waals surface area (Å²) in [6, 6.07) is 3.53. The second kappa shape index (κ2) is 4.60. The summed E-state index contributed by atoms with van der Waals surface area (Å²) in [4.78, 5) is 3.95. The van der Waals surface area contributed by atoms with Gasteiger partial charge < -0.3 is 9.47 Å². The molecule has 1 aromatic rings. The average Bonchev–Trinajstić information content (AvgIpc) is 2.58. The summed E-state index contributed by atoms with van der Waals surface area (Å²) in [7, 11) is 0. The maximum absolute atomic E-state index is 5.82. The highest BCUT2D eigenvalue weighted by Gasteiger charge is 2.31. The lowest BCUT2D eigenvalue weighted by Crippen LogP contribution is -2.23. The van der Waals surface area contributed by atoms with Crippen LogP contribution in [0.1, 0.15) is 26.7 Å². The third-order valence-electron chi connectivity index (χ3n) is 2.69. The lowest BCUT2D eigenvalue weighted by molar-refractivity contribution is -0.0326. The van der Waals surface area contributed by atoms with E-state index in [0.717, 1.165) is 18.6 Å². The van der Waals surface area contributed by atoms with Gasteiger partial charge in [-0.1, -0.05) is 11.6 Å². The Kier molecular flexibility index (Phi) is 3.36. The fourth-order valence-corrected chi connectivity index (χ4v) is 1.94. The highest BCUT2D eigenvalue weighted by Crippen LogP contribution is 2.29. The second-order valence-electron chi connectivity index (χ2n) is 4.67. The molecule has 0 bridgehead atoms. The van der Waals surface area contributed by atoms with Gasteiger partial charge in [0.2, 0.25) is 0 Å². The predicted octanol–water partition coefficient (Wildman–Crippen LogP) is 3.07. The summed E-state index contributed by atoms with van der Waals surface area (Å²) in [5, 5.41) is 0.477. The highest BCUT2D eigenvalue weighted by molar-refractivity contribution is 6.29. The van der Waals surface area contributed by atoms with E-state index in [-0.39, 0.29) is 11.7 Å². The highest BCUT2D eigenvalue weighted by atomic mass is 35.5. The molecule has 88 valence electrons. The monoisotopic (exact) mass is 241 g/mol. The Morgan fingerprint density at radius 1 is 1.56 bits per heavy atom. The van der Waals surface area contributed by atoms with E-state index in [9.17, 15) is 0 Å². The lowest BCUT2D eigenvalue weighted by Gasteiger charge is -2.19. The molecular weight excluding hydrogens is 226 g/mol. The van der Waals surface area contributed by atoms with Crippen LogP contribution >= 0.6 is 11.6 Å². The van der Waals surface area contributed by atoms with Gasteiger partial charge in [-0.3, -0.25) is 0 Å². The summed E-state index contributed by atoms with van der Waals surface area (Å²) < 4.78 is 11.4. The van der Waals surface area contributed by atoms with Crippen LogP contribution in [0.25, 0.3) is 0 Å². The summed E-state index contributed by atoms with van der Waals surface area (Å²) in [6.45, 7) is 4.79. The van der Waals surface area contributed by atoms with Gasteiger partial charge in [0.1, 0.15) is 17.5 Å². The number of nitrogens with zero attached hydrogens (tertiary/aromatic N) is 1. The van der Waals surface area contributed by atoms with Crippen LogP contribution in [0.5, 0.6) is 5.75 Å². The molecule has 0 radical (unpaired) electrons. The van der Waals surface area contributed by atoms with E-state index >= 15 is 0 Å². The summed E-state index contributed by atoms with van der Waals surface area (Å²) >= 11 is 5.68. The minimum Gasteiger partial charge on any atom is -0.489 e. The van der Waals surface area contributed by atoms with Gasteiger partial charge in [-0.05, 0) is 38.8 Å². The molecule has 0 aliphatic carbocycles. The molecular formula is C12H16ClNO2. The standard InChI is InChI=1S/C12H16ClNO2/c1-12(2)6-5-10(16-12)8-15-9-3-4-11(13)14-7-9/h3-4,7,10H,5-6,8H2,1-2H3. The zero-order chi connectivity index (χ0) is 11.6. The molecule has 1 aromatic heterocycles. The van der Waals surface area contributed by atoms with Crippen molar-refractivity contribution in [2.75, 3.05) is 6.61 Å². The summed E-state index contributed by atoms with van der Waals surface area (Å²) in [5.41, 5.74) is -0.00767. The fraction of sp³-hybridized carbons (Fsp3) is 0.583. The number of hydrogen-bond acceptors (Lipinski definition) is 3. The van der Waals surface area contributed by atoms with E-state index in [1.165, 1.54) is 0 Å². The van der Waals surface area contributed by atoms with Gasteiger partial charge in [0.15, 0.2) is 0 Å². The SMILES string of the molecule is CC1(C)CCC(COc2ccc(Cl)nc2)O1. The van der Waals surface area contributed by atoms with Gasteiger partial charge in [-0.25, -0.2) is 4.98 Å². The zero-order valence-electron chi connectivity index (χ0n) is 9.57. The van der Waals surface area contributed by atoms with Crippen molar-refractivity contribution in [1.29, 1.82) is 0 Å². The molecule has 0 spiro atoms. The van der Waals surface area contributed by atoms with Crippen molar-refractivity contribution in [3.63, 3.8) is 0 Å². The number of pyridine rings is 1. The molecule has 0 amide bonds. The summed E-state index contributed by atoms with van der Waals surface area (Å²) in [6.07, 6.45) is 3.95. The lowest BCUT2D eigenvalue weighted by atomic mass is 10.1. The van der Waals surface area contributed by atoms with Crippen LogP contribution in [0, 0.1) is 0 Å². The number of rotatable bonds is 3. The van der Waals surface area contributed by atoms with E-state index in [1.54, 1.807) is 12.3 Å².